The van der Waals surface area contributed by atoms with Crippen LogP contribution in [0.5, 0.6) is 11.5 Å². The van der Waals surface area contributed by atoms with Crippen molar-refractivity contribution in [1.82, 2.24) is 4.90 Å². The number of amides is 1. The first-order valence-electron chi connectivity index (χ1n) is 8.82. The van der Waals surface area contributed by atoms with Crippen molar-refractivity contribution < 1.29 is 19.1 Å². The summed E-state index contributed by atoms with van der Waals surface area (Å²) >= 11 is 6.05. The van der Waals surface area contributed by atoms with E-state index in [0.717, 1.165) is 17.5 Å². The van der Waals surface area contributed by atoms with Crippen molar-refractivity contribution in [2.75, 3.05) is 20.8 Å². The van der Waals surface area contributed by atoms with Gasteiger partial charge >= 0.3 is 0 Å². The fourth-order valence-electron chi connectivity index (χ4n) is 3.30. The van der Waals surface area contributed by atoms with Crippen molar-refractivity contribution in [3.63, 3.8) is 0 Å². The number of ether oxygens (including phenoxy) is 2. The van der Waals surface area contributed by atoms with E-state index < -0.39 is 0 Å². The van der Waals surface area contributed by atoms with E-state index >= 15 is 0 Å². The number of carbonyl (C=O) groups excluding carboxylic acids is 2. The van der Waals surface area contributed by atoms with Crippen molar-refractivity contribution in [3.05, 3.63) is 58.1 Å². The highest BCUT2D eigenvalue weighted by Gasteiger charge is 2.23. The Morgan fingerprint density at radius 1 is 1.04 bits per heavy atom. The van der Waals surface area contributed by atoms with E-state index in [4.69, 9.17) is 21.1 Å². The summed E-state index contributed by atoms with van der Waals surface area (Å²) in [6, 6.07) is 10.8. The minimum Gasteiger partial charge on any atom is -0.493 e. The molecule has 0 aromatic heterocycles. The van der Waals surface area contributed by atoms with Gasteiger partial charge in [-0.2, -0.15) is 0 Å². The van der Waals surface area contributed by atoms with E-state index in [0.29, 0.717) is 35.2 Å². The number of hydrogen-bond acceptors (Lipinski definition) is 4. The largest absolute Gasteiger partial charge is 0.493 e. The summed E-state index contributed by atoms with van der Waals surface area (Å²) in [6.45, 7) is 1.14. The molecule has 6 heteroatoms. The van der Waals surface area contributed by atoms with E-state index in [-0.39, 0.29) is 24.5 Å². The van der Waals surface area contributed by atoms with Crippen molar-refractivity contribution in [3.8, 4) is 11.5 Å². The molecule has 0 N–H and O–H groups in total. The SMILES string of the molecule is COc1cc2c(cc1OC)CN(C(=O)CCC(=O)c1ccccc1Cl)CC2. The van der Waals surface area contributed by atoms with Crippen LogP contribution < -0.4 is 9.47 Å². The number of Topliss-reactive ketones (excluding diaryl/α,β-unsaturated/α-hetero) is 1. The molecule has 1 aliphatic heterocycles. The highest BCUT2D eigenvalue weighted by atomic mass is 35.5. The molecule has 0 spiro atoms. The fourth-order valence-corrected chi connectivity index (χ4v) is 3.54. The Bertz CT molecular complexity index is 865. The molecule has 27 heavy (non-hydrogen) atoms. The number of hydrogen-bond donors (Lipinski definition) is 0. The van der Waals surface area contributed by atoms with Gasteiger partial charge in [0.1, 0.15) is 0 Å². The Morgan fingerprint density at radius 2 is 1.70 bits per heavy atom. The number of nitrogens with zero attached hydrogens (tertiary/aromatic N) is 1. The molecule has 3 rings (SSSR count). The van der Waals surface area contributed by atoms with Crippen molar-refractivity contribution >= 4 is 23.3 Å². The molecule has 1 heterocycles. The van der Waals surface area contributed by atoms with E-state index in [1.54, 1.807) is 43.4 Å². The number of carbonyl (C=O) groups is 2. The first-order valence-corrected chi connectivity index (χ1v) is 9.20. The number of halogens is 1. The summed E-state index contributed by atoms with van der Waals surface area (Å²) in [5.41, 5.74) is 2.67. The second kappa shape index (κ2) is 8.44. The maximum Gasteiger partial charge on any atom is 0.223 e. The van der Waals surface area contributed by atoms with Crippen molar-refractivity contribution in [2.24, 2.45) is 0 Å². The lowest BCUT2D eigenvalue weighted by molar-refractivity contribution is -0.132. The van der Waals surface area contributed by atoms with E-state index in [9.17, 15) is 9.59 Å². The smallest absolute Gasteiger partial charge is 0.223 e. The third kappa shape index (κ3) is 4.25. The van der Waals surface area contributed by atoms with Crippen LogP contribution in [0, 0.1) is 0 Å². The van der Waals surface area contributed by atoms with Crippen LogP contribution in [0.4, 0.5) is 0 Å². The van der Waals surface area contributed by atoms with Crippen molar-refractivity contribution in [1.29, 1.82) is 0 Å². The Hall–Kier alpha value is -2.53. The lowest BCUT2D eigenvalue weighted by Crippen LogP contribution is -2.36. The predicted molar refractivity (Wildman–Crippen MR) is 104 cm³/mol. The lowest BCUT2D eigenvalue weighted by atomic mass is 9.98. The summed E-state index contributed by atoms with van der Waals surface area (Å²) in [7, 11) is 3.20. The van der Waals surface area contributed by atoms with Crippen LogP contribution in [0.1, 0.15) is 34.3 Å². The first kappa shape index (κ1) is 19.2. The van der Waals surface area contributed by atoms with Crippen LogP contribution in [-0.4, -0.2) is 37.4 Å². The Labute approximate surface area is 163 Å². The molecule has 1 amide bonds. The highest BCUT2D eigenvalue weighted by Crippen LogP contribution is 2.33. The third-order valence-electron chi connectivity index (χ3n) is 4.81. The molecular weight excluding hydrogens is 366 g/mol. The van der Waals surface area contributed by atoms with Crippen LogP contribution in [0.15, 0.2) is 36.4 Å². The predicted octanol–water partition coefficient (Wildman–Crippen LogP) is 3.91. The average molecular weight is 388 g/mol. The van der Waals surface area contributed by atoms with Crippen LogP contribution in [-0.2, 0) is 17.8 Å². The molecule has 0 saturated carbocycles. The molecule has 0 radical (unpaired) electrons. The second-order valence-corrected chi connectivity index (χ2v) is 6.85. The number of fused-ring (bicyclic) bond motifs is 1. The summed E-state index contributed by atoms with van der Waals surface area (Å²) < 4.78 is 10.7. The van der Waals surface area contributed by atoms with Gasteiger partial charge in [0.05, 0.1) is 19.2 Å². The van der Waals surface area contributed by atoms with Gasteiger partial charge in [0.2, 0.25) is 5.91 Å². The highest BCUT2D eigenvalue weighted by molar-refractivity contribution is 6.34. The van der Waals surface area contributed by atoms with Gasteiger partial charge < -0.3 is 14.4 Å². The van der Waals surface area contributed by atoms with E-state index in [1.165, 1.54) is 0 Å². The maximum absolute atomic E-state index is 12.6. The molecule has 5 nitrogen and oxygen atoms in total. The molecule has 2 aromatic rings. The zero-order chi connectivity index (χ0) is 19.4. The van der Waals surface area contributed by atoms with Crippen molar-refractivity contribution in [2.45, 2.75) is 25.8 Å². The van der Waals surface area contributed by atoms with Gasteiger partial charge in [-0.15, -0.1) is 0 Å². The first-order chi connectivity index (χ1) is 13.0. The minimum atomic E-state index is -0.113. The number of ketones is 1. The van der Waals surface area contributed by atoms with Gasteiger partial charge in [0, 0.05) is 31.5 Å². The Morgan fingerprint density at radius 3 is 2.37 bits per heavy atom. The van der Waals surface area contributed by atoms with Gasteiger partial charge in [0.15, 0.2) is 17.3 Å². The summed E-state index contributed by atoms with van der Waals surface area (Å²) in [6.07, 6.45) is 1.07. The zero-order valence-electron chi connectivity index (χ0n) is 15.5. The lowest BCUT2D eigenvalue weighted by Gasteiger charge is -2.29. The molecule has 1 aliphatic rings. The van der Waals surface area contributed by atoms with Gasteiger partial charge in [-0.1, -0.05) is 23.7 Å². The average Bonchev–Trinajstić information content (AvgIpc) is 2.70. The zero-order valence-corrected chi connectivity index (χ0v) is 16.2. The summed E-state index contributed by atoms with van der Waals surface area (Å²) in [4.78, 5) is 26.7. The molecule has 142 valence electrons. The standard InChI is InChI=1S/C21H22ClNO4/c1-26-19-11-14-9-10-23(13-15(14)12-20(19)27-2)21(25)8-7-18(24)16-5-3-4-6-17(16)22/h3-6,11-12H,7-10,13H2,1-2H3. The number of methoxy groups -OCH3 is 2. The number of rotatable bonds is 6. The topological polar surface area (TPSA) is 55.8 Å². The molecule has 0 bridgehead atoms. The van der Waals surface area contributed by atoms with Gasteiger partial charge in [-0.25, -0.2) is 0 Å². The van der Waals surface area contributed by atoms with Crippen LogP contribution in [0.25, 0.3) is 0 Å². The summed E-state index contributed by atoms with van der Waals surface area (Å²) in [5, 5.41) is 0.419. The van der Waals surface area contributed by atoms with E-state index in [2.05, 4.69) is 0 Å². The fraction of sp³-hybridized carbons (Fsp3) is 0.333. The third-order valence-corrected chi connectivity index (χ3v) is 5.14. The van der Waals surface area contributed by atoms with Crippen LogP contribution in [0.3, 0.4) is 0 Å². The normalized spacial score (nSPS) is 13.1. The van der Waals surface area contributed by atoms with Gasteiger partial charge in [0.25, 0.3) is 0 Å². The molecule has 0 aliphatic carbocycles. The second-order valence-electron chi connectivity index (χ2n) is 6.44. The molecule has 0 unspecified atom stereocenters. The minimum absolute atomic E-state index is 0.0316. The molecule has 0 atom stereocenters. The maximum atomic E-state index is 12.6. The molecule has 0 saturated heterocycles. The molecular formula is C21H22ClNO4. The monoisotopic (exact) mass is 387 g/mol. The Balaban J connectivity index is 1.64. The Kier molecular flexibility index (Phi) is 6.01. The van der Waals surface area contributed by atoms with Gasteiger partial charge in [-0.05, 0) is 41.8 Å². The van der Waals surface area contributed by atoms with Crippen LogP contribution >= 0.6 is 11.6 Å². The van der Waals surface area contributed by atoms with Gasteiger partial charge in [-0.3, -0.25) is 9.59 Å². The molecule has 2 aromatic carbocycles. The summed E-state index contributed by atoms with van der Waals surface area (Å²) in [5.74, 6) is 1.20. The van der Waals surface area contributed by atoms with Crippen LogP contribution in [0.2, 0.25) is 5.02 Å². The van der Waals surface area contributed by atoms with E-state index in [1.807, 2.05) is 12.1 Å². The molecule has 0 fully saturated rings. The number of benzene rings is 2. The quantitative estimate of drug-likeness (QED) is 0.705.